The summed E-state index contributed by atoms with van der Waals surface area (Å²) in [7, 11) is 1.58. The predicted octanol–water partition coefficient (Wildman–Crippen LogP) is 2.99. The van der Waals surface area contributed by atoms with Gasteiger partial charge in [0.25, 0.3) is 5.56 Å². The summed E-state index contributed by atoms with van der Waals surface area (Å²) in [5, 5.41) is 4.27. The van der Waals surface area contributed by atoms with E-state index in [1.807, 2.05) is 0 Å². The SMILES string of the molecule is COCCOCCOC(=O)Cc1cccc(Cn2nc(-c3ccc(F)c(F)c3)ccc2=O)c1. The molecule has 9 heteroatoms. The minimum atomic E-state index is -0.992. The van der Waals surface area contributed by atoms with Gasteiger partial charge < -0.3 is 14.2 Å². The van der Waals surface area contributed by atoms with E-state index in [2.05, 4.69) is 5.10 Å². The Morgan fingerprint density at radius 2 is 1.73 bits per heavy atom. The third kappa shape index (κ3) is 7.30. The molecule has 0 fully saturated rings. The van der Waals surface area contributed by atoms with Crippen LogP contribution in [0.5, 0.6) is 0 Å². The van der Waals surface area contributed by atoms with Crippen LogP contribution in [0.4, 0.5) is 8.78 Å². The van der Waals surface area contributed by atoms with Gasteiger partial charge in [-0.1, -0.05) is 24.3 Å². The van der Waals surface area contributed by atoms with Crippen LogP contribution in [-0.2, 0) is 32.0 Å². The quantitative estimate of drug-likeness (QED) is 0.325. The highest BCUT2D eigenvalue weighted by atomic mass is 19.2. The molecule has 0 aliphatic heterocycles. The molecule has 0 unspecified atom stereocenters. The molecular formula is C24H24F2N2O5. The Balaban J connectivity index is 1.63. The number of carbonyl (C=O) groups excluding carboxylic acids is 1. The monoisotopic (exact) mass is 458 g/mol. The Morgan fingerprint density at radius 1 is 0.939 bits per heavy atom. The van der Waals surface area contributed by atoms with Crippen molar-refractivity contribution in [3.63, 3.8) is 0 Å². The van der Waals surface area contributed by atoms with E-state index in [0.717, 1.165) is 23.3 Å². The Bertz CT molecular complexity index is 1150. The van der Waals surface area contributed by atoms with Crippen LogP contribution in [0.25, 0.3) is 11.3 Å². The van der Waals surface area contributed by atoms with Gasteiger partial charge in [-0.25, -0.2) is 13.5 Å². The van der Waals surface area contributed by atoms with E-state index in [1.54, 1.807) is 31.4 Å². The molecule has 1 heterocycles. The third-order valence-corrected chi connectivity index (χ3v) is 4.68. The molecule has 0 atom stereocenters. The van der Waals surface area contributed by atoms with Crippen LogP contribution >= 0.6 is 0 Å². The van der Waals surface area contributed by atoms with Gasteiger partial charge >= 0.3 is 5.97 Å². The molecule has 3 rings (SSSR count). The molecule has 2 aromatic carbocycles. The highest BCUT2D eigenvalue weighted by Gasteiger charge is 2.10. The molecule has 0 spiro atoms. The molecule has 0 N–H and O–H groups in total. The third-order valence-electron chi connectivity index (χ3n) is 4.68. The van der Waals surface area contributed by atoms with Crippen molar-refractivity contribution in [3.8, 4) is 11.3 Å². The van der Waals surface area contributed by atoms with Crippen LogP contribution in [-0.4, -0.2) is 49.3 Å². The maximum atomic E-state index is 13.6. The van der Waals surface area contributed by atoms with Crippen molar-refractivity contribution in [1.82, 2.24) is 9.78 Å². The molecule has 0 saturated carbocycles. The van der Waals surface area contributed by atoms with Gasteiger partial charge in [0, 0.05) is 18.7 Å². The van der Waals surface area contributed by atoms with E-state index in [4.69, 9.17) is 14.2 Å². The second-order valence-corrected chi connectivity index (χ2v) is 7.17. The van der Waals surface area contributed by atoms with Crippen LogP contribution in [0, 0.1) is 11.6 Å². The molecule has 1 aromatic heterocycles. The Morgan fingerprint density at radius 3 is 2.52 bits per heavy atom. The van der Waals surface area contributed by atoms with Gasteiger partial charge in [-0.15, -0.1) is 0 Å². The van der Waals surface area contributed by atoms with Crippen molar-refractivity contribution in [1.29, 1.82) is 0 Å². The first-order chi connectivity index (χ1) is 16.0. The van der Waals surface area contributed by atoms with Crippen molar-refractivity contribution < 1.29 is 27.8 Å². The number of halogens is 2. The number of hydrogen-bond donors (Lipinski definition) is 0. The van der Waals surface area contributed by atoms with Crippen molar-refractivity contribution in [2.24, 2.45) is 0 Å². The number of aromatic nitrogens is 2. The summed E-state index contributed by atoms with van der Waals surface area (Å²) in [6.45, 7) is 1.49. The zero-order chi connectivity index (χ0) is 23.6. The smallest absolute Gasteiger partial charge is 0.310 e. The molecule has 0 saturated heterocycles. The van der Waals surface area contributed by atoms with Crippen LogP contribution in [0.2, 0.25) is 0 Å². The van der Waals surface area contributed by atoms with Gasteiger partial charge in [-0.2, -0.15) is 5.10 Å². The Hall–Kier alpha value is -3.43. The molecular weight excluding hydrogens is 434 g/mol. The first-order valence-corrected chi connectivity index (χ1v) is 10.3. The van der Waals surface area contributed by atoms with E-state index >= 15 is 0 Å². The van der Waals surface area contributed by atoms with Crippen LogP contribution in [0.15, 0.2) is 59.4 Å². The topological polar surface area (TPSA) is 79.7 Å². The number of benzene rings is 2. The van der Waals surface area contributed by atoms with Crippen LogP contribution in [0.3, 0.4) is 0 Å². The van der Waals surface area contributed by atoms with Crippen LogP contribution < -0.4 is 5.56 Å². The number of ether oxygens (including phenoxy) is 3. The molecule has 0 aliphatic carbocycles. The lowest BCUT2D eigenvalue weighted by Gasteiger charge is -2.09. The molecule has 0 bridgehead atoms. The van der Waals surface area contributed by atoms with E-state index < -0.39 is 17.6 Å². The summed E-state index contributed by atoms with van der Waals surface area (Å²) in [5.74, 6) is -2.34. The summed E-state index contributed by atoms with van der Waals surface area (Å²) in [5.41, 5.74) is 1.81. The fourth-order valence-corrected chi connectivity index (χ4v) is 3.06. The molecule has 33 heavy (non-hydrogen) atoms. The van der Waals surface area contributed by atoms with E-state index in [0.29, 0.717) is 24.5 Å². The molecule has 3 aromatic rings. The summed E-state index contributed by atoms with van der Waals surface area (Å²) < 4.78 is 43.3. The summed E-state index contributed by atoms with van der Waals surface area (Å²) in [6, 6.07) is 13.4. The second-order valence-electron chi connectivity index (χ2n) is 7.17. The minimum absolute atomic E-state index is 0.0726. The first kappa shape index (κ1) is 24.2. The number of hydrogen-bond acceptors (Lipinski definition) is 6. The fourth-order valence-electron chi connectivity index (χ4n) is 3.06. The predicted molar refractivity (Wildman–Crippen MR) is 117 cm³/mol. The zero-order valence-electron chi connectivity index (χ0n) is 18.1. The molecule has 0 radical (unpaired) electrons. The van der Waals surface area contributed by atoms with Crippen molar-refractivity contribution in [3.05, 3.63) is 87.7 Å². The average molecular weight is 458 g/mol. The highest BCUT2D eigenvalue weighted by molar-refractivity contribution is 5.72. The molecule has 174 valence electrons. The Labute approximate surface area is 189 Å². The number of rotatable bonds is 11. The van der Waals surface area contributed by atoms with Crippen LogP contribution in [0.1, 0.15) is 11.1 Å². The number of methoxy groups -OCH3 is 1. The van der Waals surface area contributed by atoms with Crippen molar-refractivity contribution in [2.45, 2.75) is 13.0 Å². The van der Waals surface area contributed by atoms with E-state index in [-0.39, 0.29) is 31.7 Å². The highest BCUT2D eigenvalue weighted by Crippen LogP contribution is 2.18. The lowest BCUT2D eigenvalue weighted by Crippen LogP contribution is -2.23. The maximum Gasteiger partial charge on any atom is 0.310 e. The summed E-state index contributed by atoms with van der Waals surface area (Å²) >= 11 is 0. The standard InChI is InChI=1S/C24H24F2N2O5/c1-31-9-10-32-11-12-33-24(30)14-17-3-2-4-18(13-17)16-28-23(29)8-7-22(27-28)19-5-6-20(25)21(26)15-19/h2-8,13,15H,9-12,14,16H2,1H3. The molecule has 0 amide bonds. The van der Waals surface area contributed by atoms with E-state index in [1.165, 1.54) is 22.9 Å². The molecule has 7 nitrogen and oxygen atoms in total. The summed E-state index contributed by atoms with van der Waals surface area (Å²) in [4.78, 5) is 24.3. The largest absolute Gasteiger partial charge is 0.463 e. The van der Waals surface area contributed by atoms with Gasteiger partial charge in [-0.3, -0.25) is 9.59 Å². The normalized spacial score (nSPS) is 10.9. The number of nitrogens with zero attached hydrogens (tertiary/aromatic N) is 2. The Kier molecular flexibility index (Phi) is 8.79. The minimum Gasteiger partial charge on any atom is -0.463 e. The lowest BCUT2D eigenvalue weighted by molar-refractivity contribution is -0.144. The average Bonchev–Trinajstić information content (AvgIpc) is 2.80. The number of carbonyl (C=O) groups is 1. The molecule has 0 aliphatic rings. The zero-order valence-corrected chi connectivity index (χ0v) is 18.1. The van der Waals surface area contributed by atoms with Gasteiger partial charge in [0.1, 0.15) is 6.61 Å². The lowest BCUT2D eigenvalue weighted by atomic mass is 10.1. The summed E-state index contributed by atoms with van der Waals surface area (Å²) in [6.07, 6.45) is 0.0726. The van der Waals surface area contributed by atoms with Gasteiger partial charge in [0.2, 0.25) is 0 Å². The van der Waals surface area contributed by atoms with Crippen molar-refractivity contribution >= 4 is 5.97 Å². The van der Waals surface area contributed by atoms with Gasteiger partial charge in [-0.05, 0) is 35.4 Å². The van der Waals surface area contributed by atoms with Crippen molar-refractivity contribution in [2.75, 3.05) is 33.5 Å². The second kappa shape index (κ2) is 12.0. The maximum absolute atomic E-state index is 13.6. The van der Waals surface area contributed by atoms with E-state index in [9.17, 15) is 18.4 Å². The number of esters is 1. The van der Waals surface area contributed by atoms with Gasteiger partial charge in [0.15, 0.2) is 11.6 Å². The van der Waals surface area contributed by atoms with Gasteiger partial charge in [0.05, 0.1) is 38.5 Å². The first-order valence-electron chi connectivity index (χ1n) is 10.3. The fraction of sp³-hybridized carbons (Fsp3) is 0.292.